The number of aliphatic carboxylic acids is 2. The lowest BCUT2D eigenvalue weighted by Crippen LogP contribution is -2.57. The van der Waals surface area contributed by atoms with Crippen molar-refractivity contribution in [2.75, 3.05) is 13.2 Å². The number of nitrogens with one attached hydrogen (secondary N) is 2. The Hall–Kier alpha value is -3.51. The number of carbonyl (C=O) groups excluding carboxylic acids is 3. The summed E-state index contributed by atoms with van der Waals surface area (Å²) < 4.78 is 0. The van der Waals surface area contributed by atoms with Gasteiger partial charge in [0.15, 0.2) is 0 Å². The maximum atomic E-state index is 13.1. The Morgan fingerprint density at radius 2 is 1.74 bits per heavy atom. The van der Waals surface area contributed by atoms with Crippen LogP contribution >= 0.6 is 0 Å². The molecule has 0 radical (unpaired) electrons. The number of rotatable bonds is 12. The summed E-state index contributed by atoms with van der Waals surface area (Å²) in [6, 6.07) is 4.06. The zero-order chi connectivity index (χ0) is 25.3. The minimum absolute atomic E-state index is 0.0506. The van der Waals surface area contributed by atoms with Gasteiger partial charge in [0.2, 0.25) is 17.7 Å². The molecule has 1 fully saturated rings. The Labute approximate surface area is 196 Å². The Kier molecular flexibility index (Phi) is 9.95. The predicted molar refractivity (Wildman–Crippen MR) is 118 cm³/mol. The van der Waals surface area contributed by atoms with Gasteiger partial charge in [-0.25, -0.2) is 4.79 Å². The predicted octanol–water partition coefficient (Wildman–Crippen LogP) is -1.54. The summed E-state index contributed by atoms with van der Waals surface area (Å²) in [6.07, 6.45) is 0.547. The van der Waals surface area contributed by atoms with Crippen LogP contribution in [0.5, 0.6) is 0 Å². The van der Waals surface area contributed by atoms with Crippen molar-refractivity contribution in [3.8, 4) is 0 Å². The number of hydrogen-bond acceptors (Lipinski definition) is 7. The molecule has 0 bridgehead atoms. The van der Waals surface area contributed by atoms with Gasteiger partial charge in [-0.1, -0.05) is 30.3 Å². The first kappa shape index (κ1) is 26.7. The van der Waals surface area contributed by atoms with Crippen LogP contribution in [0, 0.1) is 0 Å². The lowest BCUT2D eigenvalue weighted by atomic mass is 10.0. The molecule has 1 aromatic rings. The fraction of sp³-hybridized carbons (Fsp3) is 0.500. The van der Waals surface area contributed by atoms with E-state index in [2.05, 4.69) is 10.6 Å². The molecule has 1 aliphatic heterocycles. The first-order valence-electron chi connectivity index (χ1n) is 10.9. The zero-order valence-corrected chi connectivity index (χ0v) is 18.6. The minimum atomic E-state index is -1.54. The SMILES string of the molecule is NC(CCC(=O)O)C(=O)N1CCCC1C(=O)NC(Cc1ccccc1)C(=O)NC(CO)C(=O)O. The van der Waals surface area contributed by atoms with Crippen LogP contribution in [-0.2, 0) is 30.4 Å². The van der Waals surface area contributed by atoms with Crippen LogP contribution in [0.4, 0.5) is 0 Å². The normalized spacial score (nSPS) is 17.9. The molecule has 1 saturated heterocycles. The van der Waals surface area contributed by atoms with Gasteiger partial charge in [0.05, 0.1) is 12.6 Å². The van der Waals surface area contributed by atoms with Crippen molar-refractivity contribution in [3.05, 3.63) is 35.9 Å². The molecule has 0 aliphatic carbocycles. The lowest BCUT2D eigenvalue weighted by molar-refractivity contribution is -0.144. The van der Waals surface area contributed by atoms with Crippen molar-refractivity contribution in [1.29, 1.82) is 0 Å². The Bertz CT molecular complexity index is 894. The van der Waals surface area contributed by atoms with Crippen LogP contribution in [-0.4, -0.2) is 87.2 Å². The van der Waals surface area contributed by atoms with Gasteiger partial charge in [-0.05, 0) is 24.8 Å². The average Bonchev–Trinajstić information content (AvgIpc) is 3.30. The number of nitrogens with two attached hydrogens (primary N) is 1. The highest BCUT2D eigenvalue weighted by Crippen LogP contribution is 2.19. The lowest BCUT2D eigenvalue weighted by Gasteiger charge is -2.28. The summed E-state index contributed by atoms with van der Waals surface area (Å²) in [7, 11) is 0. The Morgan fingerprint density at radius 3 is 2.32 bits per heavy atom. The summed E-state index contributed by atoms with van der Waals surface area (Å²) in [5.74, 6) is -4.47. The summed E-state index contributed by atoms with van der Waals surface area (Å²) in [4.78, 5) is 61.8. The monoisotopic (exact) mass is 478 g/mol. The molecule has 1 heterocycles. The molecular weight excluding hydrogens is 448 g/mol. The molecule has 12 nitrogen and oxygen atoms in total. The number of likely N-dealkylation sites (tertiary alicyclic amines) is 1. The Morgan fingerprint density at radius 1 is 1.06 bits per heavy atom. The van der Waals surface area contributed by atoms with E-state index in [1.165, 1.54) is 4.90 Å². The third-order valence-corrected chi connectivity index (χ3v) is 5.54. The van der Waals surface area contributed by atoms with Crippen molar-refractivity contribution < 1.29 is 39.3 Å². The van der Waals surface area contributed by atoms with Crippen molar-refractivity contribution in [3.63, 3.8) is 0 Å². The largest absolute Gasteiger partial charge is 0.481 e. The highest BCUT2D eigenvalue weighted by molar-refractivity contribution is 5.94. The van der Waals surface area contributed by atoms with Gasteiger partial charge >= 0.3 is 11.9 Å². The van der Waals surface area contributed by atoms with E-state index in [4.69, 9.17) is 15.9 Å². The second-order valence-corrected chi connectivity index (χ2v) is 8.06. The van der Waals surface area contributed by atoms with Crippen molar-refractivity contribution in [2.24, 2.45) is 5.73 Å². The summed E-state index contributed by atoms with van der Waals surface area (Å²) in [5, 5.41) is 31.9. The van der Waals surface area contributed by atoms with Crippen molar-refractivity contribution in [1.82, 2.24) is 15.5 Å². The maximum absolute atomic E-state index is 13.1. The third kappa shape index (κ3) is 7.52. The number of carboxylic acids is 2. The highest BCUT2D eigenvalue weighted by atomic mass is 16.4. The summed E-state index contributed by atoms with van der Waals surface area (Å²) >= 11 is 0. The summed E-state index contributed by atoms with van der Waals surface area (Å²) in [6.45, 7) is -0.564. The first-order chi connectivity index (χ1) is 16.1. The molecule has 7 N–H and O–H groups in total. The number of aliphatic hydroxyl groups is 1. The number of carboxylic acid groups (broad SMARTS) is 2. The van der Waals surface area contributed by atoms with E-state index < -0.39 is 60.4 Å². The molecule has 0 saturated carbocycles. The number of hydrogen-bond donors (Lipinski definition) is 6. The Balaban J connectivity index is 2.14. The molecule has 186 valence electrons. The molecule has 4 atom stereocenters. The molecule has 1 aliphatic rings. The second-order valence-electron chi connectivity index (χ2n) is 8.06. The molecule has 4 unspecified atom stereocenters. The standard InChI is InChI=1S/C22H30N4O8/c23-14(8-9-18(28)29)21(32)26-10-4-7-17(26)20(31)24-15(11-13-5-2-1-3-6-13)19(30)25-16(12-27)22(33)34/h1-3,5-6,14-17,27H,4,7-12,23H2,(H,24,31)(H,25,30)(H,28,29)(H,33,34). The van der Waals surface area contributed by atoms with Gasteiger partial charge < -0.3 is 36.6 Å². The smallest absolute Gasteiger partial charge is 0.328 e. The van der Waals surface area contributed by atoms with Crippen LogP contribution in [0.2, 0.25) is 0 Å². The minimum Gasteiger partial charge on any atom is -0.481 e. The first-order valence-corrected chi connectivity index (χ1v) is 10.9. The van der Waals surface area contributed by atoms with Crippen LogP contribution < -0.4 is 16.4 Å². The van der Waals surface area contributed by atoms with E-state index in [1.54, 1.807) is 30.3 Å². The van der Waals surface area contributed by atoms with E-state index in [1.807, 2.05) is 0 Å². The second kappa shape index (κ2) is 12.7. The molecule has 0 aromatic heterocycles. The van der Waals surface area contributed by atoms with E-state index in [9.17, 15) is 29.1 Å². The number of aliphatic hydroxyl groups excluding tert-OH is 1. The van der Waals surface area contributed by atoms with E-state index in [-0.39, 0.29) is 25.8 Å². The van der Waals surface area contributed by atoms with Crippen molar-refractivity contribution in [2.45, 2.75) is 56.3 Å². The molecular formula is C22H30N4O8. The van der Waals surface area contributed by atoms with Gasteiger partial charge in [0.1, 0.15) is 18.1 Å². The quantitative estimate of drug-likeness (QED) is 0.206. The van der Waals surface area contributed by atoms with Gasteiger partial charge in [-0.15, -0.1) is 0 Å². The third-order valence-electron chi connectivity index (χ3n) is 5.54. The fourth-order valence-electron chi connectivity index (χ4n) is 3.70. The molecule has 3 amide bonds. The van der Waals surface area contributed by atoms with Crippen LogP contribution in [0.25, 0.3) is 0 Å². The highest BCUT2D eigenvalue weighted by Gasteiger charge is 2.38. The topological polar surface area (TPSA) is 199 Å². The van der Waals surface area contributed by atoms with Gasteiger partial charge in [0.25, 0.3) is 0 Å². The van der Waals surface area contributed by atoms with Crippen LogP contribution in [0.15, 0.2) is 30.3 Å². The van der Waals surface area contributed by atoms with E-state index in [0.717, 1.165) is 0 Å². The van der Waals surface area contributed by atoms with Crippen LogP contribution in [0.3, 0.4) is 0 Å². The maximum Gasteiger partial charge on any atom is 0.328 e. The molecule has 34 heavy (non-hydrogen) atoms. The van der Waals surface area contributed by atoms with Gasteiger partial charge in [0, 0.05) is 19.4 Å². The number of carbonyl (C=O) groups is 5. The zero-order valence-electron chi connectivity index (χ0n) is 18.6. The molecule has 1 aromatic carbocycles. The molecule has 0 spiro atoms. The van der Waals surface area contributed by atoms with E-state index >= 15 is 0 Å². The van der Waals surface area contributed by atoms with E-state index in [0.29, 0.717) is 18.4 Å². The summed E-state index contributed by atoms with van der Waals surface area (Å²) in [5.41, 5.74) is 6.53. The number of nitrogens with zero attached hydrogens (tertiary/aromatic N) is 1. The van der Waals surface area contributed by atoms with Gasteiger partial charge in [-0.2, -0.15) is 0 Å². The van der Waals surface area contributed by atoms with Gasteiger partial charge in [-0.3, -0.25) is 19.2 Å². The molecule has 2 rings (SSSR count). The van der Waals surface area contributed by atoms with Crippen LogP contribution in [0.1, 0.15) is 31.2 Å². The number of benzene rings is 1. The molecule has 12 heteroatoms. The van der Waals surface area contributed by atoms with Crippen molar-refractivity contribution >= 4 is 29.7 Å². The number of amides is 3. The average molecular weight is 479 g/mol. The fourth-order valence-corrected chi connectivity index (χ4v) is 3.70.